The van der Waals surface area contributed by atoms with Crippen molar-refractivity contribution in [2.75, 3.05) is 6.54 Å². The van der Waals surface area contributed by atoms with Gasteiger partial charge in [0.05, 0.1) is 11.8 Å². The van der Waals surface area contributed by atoms with Gasteiger partial charge in [-0.15, -0.1) is 0 Å². The molecule has 0 atom stereocenters. The number of amides is 1. The molecular formula is C5H7N3O. The minimum atomic E-state index is -0.489. The maximum atomic E-state index is 10.4. The lowest BCUT2D eigenvalue weighted by Crippen LogP contribution is -2.27. The minimum Gasteiger partial charge on any atom is -0.395 e. The molecule has 0 fully saturated rings. The summed E-state index contributed by atoms with van der Waals surface area (Å²) >= 11 is 0. The van der Waals surface area contributed by atoms with Crippen LogP contribution in [0.2, 0.25) is 0 Å². The van der Waals surface area contributed by atoms with Crippen LogP contribution in [0.3, 0.4) is 0 Å². The summed E-state index contributed by atoms with van der Waals surface area (Å²) in [5.41, 5.74) is 4.88. The molecule has 0 rings (SSSR count). The van der Waals surface area contributed by atoms with Gasteiger partial charge in [0.15, 0.2) is 0 Å². The molecule has 0 aromatic heterocycles. The Labute approximate surface area is 53.0 Å². The molecule has 0 aliphatic rings. The van der Waals surface area contributed by atoms with Crippen LogP contribution in [0.4, 0.5) is 0 Å². The summed E-state index contributed by atoms with van der Waals surface area (Å²) in [5.74, 6) is -0.489. The van der Waals surface area contributed by atoms with Gasteiger partial charge >= 0.3 is 0 Å². The number of carbonyl (C=O) groups excluding carboxylic acids is 1. The highest BCUT2D eigenvalue weighted by Gasteiger charge is 1.97. The Morgan fingerprint density at radius 2 is 2.44 bits per heavy atom. The molecule has 4 nitrogen and oxygen atoms in total. The van der Waals surface area contributed by atoms with Gasteiger partial charge in [-0.2, -0.15) is 5.26 Å². The Kier molecular flexibility index (Phi) is 2.91. The fourth-order valence-corrected chi connectivity index (χ4v) is 0.233. The molecular weight excluding hydrogens is 118 g/mol. The van der Waals surface area contributed by atoms with Crippen molar-refractivity contribution in [1.82, 2.24) is 5.32 Å². The molecule has 0 spiro atoms. The Morgan fingerprint density at radius 3 is 2.78 bits per heavy atom. The SMILES string of the molecule is C=C(N)C(=O)NCC#N. The highest BCUT2D eigenvalue weighted by molar-refractivity contribution is 5.91. The maximum Gasteiger partial charge on any atom is 0.267 e. The molecule has 1 amide bonds. The van der Waals surface area contributed by atoms with Crippen molar-refractivity contribution in [1.29, 1.82) is 5.26 Å². The first kappa shape index (κ1) is 7.50. The summed E-state index contributed by atoms with van der Waals surface area (Å²) in [7, 11) is 0. The largest absolute Gasteiger partial charge is 0.395 e. The van der Waals surface area contributed by atoms with Gasteiger partial charge in [0.2, 0.25) is 0 Å². The van der Waals surface area contributed by atoms with E-state index in [1.165, 1.54) is 0 Å². The standard InChI is InChI=1S/C5H7N3O/c1-4(7)5(9)8-3-2-6/h1,3,7H2,(H,8,9). The van der Waals surface area contributed by atoms with Crippen LogP contribution >= 0.6 is 0 Å². The van der Waals surface area contributed by atoms with Gasteiger partial charge in [-0.1, -0.05) is 6.58 Å². The first-order chi connectivity index (χ1) is 4.18. The third-order valence-corrected chi connectivity index (χ3v) is 0.620. The van der Waals surface area contributed by atoms with Gasteiger partial charge in [0, 0.05) is 0 Å². The second-order valence-corrected chi connectivity index (χ2v) is 1.37. The molecule has 0 aliphatic heterocycles. The summed E-state index contributed by atoms with van der Waals surface area (Å²) in [6, 6.07) is 1.72. The van der Waals surface area contributed by atoms with Crippen LogP contribution < -0.4 is 11.1 Å². The second-order valence-electron chi connectivity index (χ2n) is 1.37. The Hall–Kier alpha value is -1.50. The number of nitrogens with one attached hydrogen (secondary N) is 1. The van der Waals surface area contributed by atoms with E-state index in [0.717, 1.165) is 0 Å². The van der Waals surface area contributed by atoms with E-state index < -0.39 is 5.91 Å². The van der Waals surface area contributed by atoms with Crippen molar-refractivity contribution < 1.29 is 4.79 Å². The summed E-state index contributed by atoms with van der Waals surface area (Å²) in [5, 5.41) is 10.2. The number of nitrogens with two attached hydrogens (primary N) is 1. The Morgan fingerprint density at radius 1 is 1.89 bits per heavy atom. The van der Waals surface area contributed by atoms with Crippen LogP contribution in [0.25, 0.3) is 0 Å². The average Bonchev–Trinajstić information content (AvgIpc) is 1.82. The average molecular weight is 125 g/mol. The van der Waals surface area contributed by atoms with Gasteiger partial charge in [0.1, 0.15) is 6.54 Å². The molecule has 9 heavy (non-hydrogen) atoms. The molecule has 0 heterocycles. The number of nitriles is 1. The van der Waals surface area contributed by atoms with Crippen LogP contribution in [0, 0.1) is 11.3 Å². The molecule has 0 aliphatic carbocycles. The summed E-state index contributed by atoms with van der Waals surface area (Å²) in [6.45, 7) is 3.13. The molecule has 3 N–H and O–H groups in total. The molecule has 0 radical (unpaired) electrons. The van der Waals surface area contributed by atoms with Crippen molar-refractivity contribution in [2.45, 2.75) is 0 Å². The zero-order chi connectivity index (χ0) is 7.28. The normalized spacial score (nSPS) is 7.44. The summed E-state index contributed by atoms with van der Waals surface area (Å²) in [4.78, 5) is 10.4. The Balaban J connectivity index is 3.55. The molecule has 0 saturated carbocycles. The highest BCUT2D eigenvalue weighted by atomic mass is 16.1. The number of nitrogens with zero attached hydrogens (tertiary/aromatic N) is 1. The zero-order valence-electron chi connectivity index (χ0n) is 4.85. The van der Waals surface area contributed by atoms with Gasteiger partial charge in [-0.25, -0.2) is 0 Å². The van der Waals surface area contributed by atoms with Crippen LogP contribution in [0.1, 0.15) is 0 Å². The Bertz CT molecular complexity index is 168. The van der Waals surface area contributed by atoms with E-state index in [4.69, 9.17) is 11.0 Å². The van der Waals surface area contributed by atoms with E-state index in [1.807, 2.05) is 0 Å². The molecule has 0 aromatic rings. The number of carbonyl (C=O) groups is 1. The van der Waals surface area contributed by atoms with E-state index in [2.05, 4.69) is 11.9 Å². The lowest BCUT2D eigenvalue weighted by Gasteiger charge is -1.95. The molecule has 4 heteroatoms. The molecule has 0 saturated heterocycles. The van der Waals surface area contributed by atoms with Crippen LogP contribution in [0.15, 0.2) is 12.3 Å². The van der Waals surface area contributed by atoms with Crippen LogP contribution in [-0.4, -0.2) is 12.5 Å². The lowest BCUT2D eigenvalue weighted by molar-refractivity contribution is -0.117. The van der Waals surface area contributed by atoms with E-state index in [0.29, 0.717) is 0 Å². The first-order valence-electron chi connectivity index (χ1n) is 2.28. The lowest BCUT2D eigenvalue weighted by atomic mass is 10.5. The molecule has 48 valence electrons. The van der Waals surface area contributed by atoms with E-state index in [9.17, 15) is 4.79 Å². The molecule has 0 unspecified atom stereocenters. The molecule has 0 aromatic carbocycles. The van der Waals surface area contributed by atoms with Gasteiger partial charge in [0.25, 0.3) is 5.91 Å². The number of rotatable bonds is 2. The van der Waals surface area contributed by atoms with Gasteiger partial charge in [-0.05, 0) is 0 Å². The number of hydrogen-bond acceptors (Lipinski definition) is 3. The van der Waals surface area contributed by atoms with Gasteiger partial charge in [-0.3, -0.25) is 4.79 Å². The fraction of sp³-hybridized carbons (Fsp3) is 0.200. The fourth-order valence-electron chi connectivity index (χ4n) is 0.233. The predicted molar refractivity (Wildman–Crippen MR) is 32.0 cm³/mol. The number of hydrogen-bond donors (Lipinski definition) is 2. The van der Waals surface area contributed by atoms with E-state index >= 15 is 0 Å². The topological polar surface area (TPSA) is 78.9 Å². The van der Waals surface area contributed by atoms with Crippen molar-refractivity contribution in [3.63, 3.8) is 0 Å². The van der Waals surface area contributed by atoms with Gasteiger partial charge < -0.3 is 11.1 Å². The van der Waals surface area contributed by atoms with Crippen molar-refractivity contribution in [3.8, 4) is 6.07 Å². The third kappa shape index (κ3) is 3.12. The predicted octanol–water partition coefficient (Wildman–Crippen LogP) is -0.901. The maximum absolute atomic E-state index is 10.4. The van der Waals surface area contributed by atoms with Crippen LogP contribution in [0.5, 0.6) is 0 Å². The molecule has 0 bridgehead atoms. The summed E-state index contributed by atoms with van der Waals surface area (Å²) in [6.07, 6.45) is 0. The van der Waals surface area contributed by atoms with E-state index in [1.54, 1.807) is 6.07 Å². The third-order valence-electron chi connectivity index (χ3n) is 0.620. The van der Waals surface area contributed by atoms with Crippen molar-refractivity contribution in [2.24, 2.45) is 5.73 Å². The van der Waals surface area contributed by atoms with Crippen molar-refractivity contribution >= 4 is 5.91 Å². The van der Waals surface area contributed by atoms with Crippen LogP contribution in [-0.2, 0) is 4.79 Å². The quantitative estimate of drug-likeness (QED) is 0.370. The van der Waals surface area contributed by atoms with E-state index in [-0.39, 0.29) is 12.2 Å². The van der Waals surface area contributed by atoms with Crippen molar-refractivity contribution in [3.05, 3.63) is 12.3 Å². The first-order valence-corrected chi connectivity index (χ1v) is 2.28. The summed E-state index contributed by atoms with van der Waals surface area (Å²) < 4.78 is 0. The second kappa shape index (κ2) is 3.50. The monoisotopic (exact) mass is 125 g/mol. The highest BCUT2D eigenvalue weighted by Crippen LogP contribution is 1.73. The zero-order valence-corrected chi connectivity index (χ0v) is 4.85. The smallest absolute Gasteiger partial charge is 0.267 e. The minimum absolute atomic E-state index is 0.0327.